The van der Waals surface area contributed by atoms with Gasteiger partial charge in [0.15, 0.2) is 0 Å². The first-order valence-electron chi connectivity index (χ1n) is 7.40. The first-order chi connectivity index (χ1) is 11.7. The highest BCUT2D eigenvalue weighted by Gasteiger charge is 2.01. The molecular weight excluding hydrogens is 344 g/mol. The van der Waals surface area contributed by atoms with Crippen LogP contribution in [-0.2, 0) is 4.79 Å². The number of para-hydroxylation sites is 1. The highest BCUT2D eigenvalue weighted by atomic mass is 35.5. The van der Waals surface area contributed by atoms with Gasteiger partial charge in [-0.25, -0.2) is 4.98 Å². The average molecular weight is 359 g/mol. The number of ether oxygens (including phenoxy) is 1. The van der Waals surface area contributed by atoms with Crippen LogP contribution in [0.15, 0.2) is 54.6 Å². The van der Waals surface area contributed by atoms with Crippen molar-refractivity contribution in [3.63, 3.8) is 0 Å². The number of carbonyl (C=O) groups is 1. The molecule has 122 valence electrons. The van der Waals surface area contributed by atoms with E-state index in [-0.39, 0.29) is 5.91 Å². The molecule has 0 aliphatic rings. The van der Waals surface area contributed by atoms with E-state index in [1.165, 1.54) is 6.08 Å². The third kappa shape index (κ3) is 4.57. The summed E-state index contributed by atoms with van der Waals surface area (Å²) in [5, 5.41) is 4.19. The molecule has 3 aromatic rings. The maximum atomic E-state index is 11.8. The Hall–Kier alpha value is -2.37. The summed E-state index contributed by atoms with van der Waals surface area (Å²) >= 11 is 7.42. The molecule has 0 aliphatic heterocycles. The molecule has 0 spiro atoms. The highest BCUT2D eigenvalue weighted by Crippen LogP contribution is 2.22. The third-order valence-electron chi connectivity index (χ3n) is 3.15. The molecule has 0 atom stereocenters. The summed E-state index contributed by atoms with van der Waals surface area (Å²) in [5.41, 5.74) is 0.942. The number of nitrogens with zero attached hydrogens (tertiary/aromatic N) is 1. The Morgan fingerprint density at radius 1 is 1.25 bits per heavy atom. The average Bonchev–Trinajstić information content (AvgIpc) is 3.00. The molecule has 1 heterocycles. The minimum atomic E-state index is -0.177. The van der Waals surface area contributed by atoms with E-state index in [1.807, 2.05) is 36.4 Å². The van der Waals surface area contributed by atoms with E-state index in [0.29, 0.717) is 23.9 Å². The normalized spacial score (nSPS) is 11.0. The molecule has 0 radical (unpaired) electrons. The van der Waals surface area contributed by atoms with Gasteiger partial charge >= 0.3 is 0 Å². The SMILES string of the molecule is O=C(/C=C/c1nc2ccccc2s1)NCCOc1cccc(Cl)c1. The van der Waals surface area contributed by atoms with Gasteiger partial charge in [-0.15, -0.1) is 11.3 Å². The van der Waals surface area contributed by atoms with Gasteiger partial charge in [0.1, 0.15) is 17.4 Å². The molecule has 4 nitrogen and oxygen atoms in total. The van der Waals surface area contributed by atoms with Crippen LogP contribution >= 0.6 is 22.9 Å². The van der Waals surface area contributed by atoms with Crippen molar-refractivity contribution in [2.24, 2.45) is 0 Å². The van der Waals surface area contributed by atoms with Gasteiger partial charge in [0, 0.05) is 11.1 Å². The van der Waals surface area contributed by atoms with Crippen LogP contribution in [0.2, 0.25) is 5.02 Å². The molecule has 1 amide bonds. The van der Waals surface area contributed by atoms with Crippen molar-refractivity contribution in [3.05, 3.63) is 64.6 Å². The summed E-state index contributed by atoms with van der Waals surface area (Å²) in [6, 6.07) is 15.0. The third-order valence-corrected chi connectivity index (χ3v) is 4.39. The first kappa shape index (κ1) is 16.5. The Bertz CT molecular complexity index is 843. The van der Waals surface area contributed by atoms with Crippen molar-refractivity contribution in [2.75, 3.05) is 13.2 Å². The van der Waals surface area contributed by atoms with Crippen LogP contribution in [0.25, 0.3) is 16.3 Å². The predicted octanol–water partition coefficient (Wildman–Crippen LogP) is 4.16. The molecule has 0 aliphatic carbocycles. The largest absolute Gasteiger partial charge is 0.492 e. The number of aromatic nitrogens is 1. The summed E-state index contributed by atoms with van der Waals surface area (Å²) in [6.07, 6.45) is 3.20. The van der Waals surface area contributed by atoms with Gasteiger partial charge in [-0.2, -0.15) is 0 Å². The van der Waals surface area contributed by atoms with Crippen molar-refractivity contribution in [2.45, 2.75) is 0 Å². The van der Waals surface area contributed by atoms with Gasteiger partial charge in [0.05, 0.1) is 16.8 Å². The van der Waals surface area contributed by atoms with Gasteiger partial charge in [-0.1, -0.05) is 29.8 Å². The molecule has 0 saturated carbocycles. The quantitative estimate of drug-likeness (QED) is 0.531. The lowest BCUT2D eigenvalue weighted by Crippen LogP contribution is -2.26. The Morgan fingerprint density at radius 2 is 2.12 bits per heavy atom. The maximum absolute atomic E-state index is 11.8. The number of hydrogen-bond acceptors (Lipinski definition) is 4. The zero-order valence-electron chi connectivity index (χ0n) is 12.7. The van der Waals surface area contributed by atoms with Crippen LogP contribution in [-0.4, -0.2) is 24.0 Å². The number of nitrogens with one attached hydrogen (secondary N) is 1. The van der Waals surface area contributed by atoms with Crippen molar-refractivity contribution in [3.8, 4) is 5.75 Å². The molecule has 1 aromatic heterocycles. The molecule has 0 unspecified atom stereocenters. The molecule has 0 saturated heterocycles. The van der Waals surface area contributed by atoms with Crippen LogP contribution < -0.4 is 10.1 Å². The van der Waals surface area contributed by atoms with Crippen molar-refractivity contribution in [1.82, 2.24) is 10.3 Å². The van der Waals surface area contributed by atoms with E-state index >= 15 is 0 Å². The Kier molecular flexibility index (Phi) is 5.46. The monoisotopic (exact) mass is 358 g/mol. The van der Waals surface area contributed by atoms with E-state index in [1.54, 1.807) is 29.5 Å². The fourth-order valence-electron chi connectivity index (χ4n) is 2.07. The second-order valence-electron chi connectivity index (χ2n) is 4.95. The summed E-state index contributed by atoms with van der Waals surface area (Å²) in [5.74, 6) is 0.505. The van der Waals surface area contributed by atoms with Crippen LogP contribution in [0.5, 0.6) is 5.75 Å². The molecule has 6 heteroatoms. The van der Waals surface area contributed by atoms with Crippen molar-refractivity contribution >= 4 is 45.1 Å². The van der Waals surface area contributed by atoms with Crippen LogP contribution in [0.4, 0.5) is 0 Å². The zero-order chi connectivity index (χ0) is 16.8. The second kappa shape index (κ2) is 7.95. The number of hydrogen-bond donors (Lipinski definition) is 1. The molecular formula is C18H15ClN2O2S. The van der Waals surface area contributed by atoms with Gasteiger partial charge in [0.25, 0.3) is 0 Å². The lowest BCUT2D eigenvalue weighted by Gasteiger charge is -2.06. The number of amides is 1. The van der Waals surface area contributed by atoms with Gasteiger partial charge in [0.2, 0.25) is 5.91 Å². The van der Waals surface area contributed by atoms with E-state index in [4.69, 9.17) is 16.3 Å². The summed E-state index contributed by atoms with van der Waals surface area (Å²) in [6.45, 7) is 0.788. The number of benzene rings is 2. The van der Waals surface area contributed by atoms with Crippen LogP contribution in [0.1, 0.15) is 5.01 Å². The molecule has 3 rings (SSSR count). The smallest absolute Gasteiger partial charge is 0.244 e. The van der Waals surface area contributed by atoms with Crippen molar-refractivity contribution < 1.29 is 9.53 Å². The Morgan fingerprint density at radius 3 is 2.96 bits per heavy atom. The molecule has 0 fully saturated rings. The standard InChI is InChI=1S/C18H15ClN2O2S/c19-13-4-3-5-14(12-13)23-11-10-20-17(22)8-9-18-21-15-6-1-2-7-16(15)24-18/h1-9,12H,10-11H2,(H,20,22)/b9-8+. The summed E-state index contributed by atoms with van der Waals surface area (Å²) in [4.78, 5) is 16.2. The van der Waals surface area contributed by atoms with Crippen molar-refractivity contribution in [1.29, 1.82) is 0 Å². The summed E-state index contributed by atoms with van der Waals surface area (Å²) in [7, 11) is 0. The minimum Gasteiger partial charge on any atom is -0.492 e. The zero-order valence-corrected chi connectivity index (χ0v) is 14.3. The number of rotatable bonds is 6. The van der Waals surface area contributed by atoms with E-state index in [2.05, 4.69) is 10.3 Å². The second-order valence-corrected chi connectivity index (χ2v) is 6.45. The number of carbonyl (C=O) groups excluding carboxylic acids is 1. The number of thiazole rings is 1. The molecule has 24 heavy (non-hydrogen) atoms. The van der Waals surface area contributed by atoms with E-state index in [9.17, 15) is 4.79 Å². The minimum absolute atomic E-state index is 0.177. The Labute approximate surface area is 148 Å². The highest BCUT2D eigenvalue weighted by molar-refractivity contribution is 7.19. The predicted molar refractivity (Wildman–Crippen MR) is 98.6 cm³/mol. The van der Waals surface area contributed by atoms with Gasteiger partial charge in [-0.05, 0) is 36.4 Å². The van der Waals surface area contributed by atoms with E-state index < -0.39 is 0 Å². The lowest BCUT2D eigenvalue weighted by atomic mass is 10.3. The van der Waals surface area contributed by atoms with Crippen LogP contribution in [0.3, 0.4) is 0 Å². The van der Waals surface area contributed by atoms with Gasteiger partial charge in [-0.3, -0.25) is 4.79 Å². The summed E-state index contributed by atoms with van der Waals surface area (Å²) < 4.78 is 6.61. The van der Waals surface area contributed by atoms with Crippen LogP contribution in [0, 0.1) is 0 Å². The fourth-order valence-corrected chi connectivity index (χ4v) is 3.12. The Balaban J connectivity index is 1.45. The number of halogens is 1. The first-order valence-corrected chi connectivity index (χ1v) is 8.60. The van der Waals surface area contributed by atoms with Gasteiger partial charge < -0.3 is 10.1 Å². The molecule has 2 aromatic carbocycles. The van der Waals surface area contributed by atoms with E-state index in [0.717, 1.165) is 15.2 Å². The number of fused-ring (bicyclic) bond motifs is 1. The molecule has 0 bridgehead atoms. The lowest BCUT2D eigenvalue weighted by molar-refractivity contribution is -0.116. The molecule has 1 N–H and O–H groups in total. The fraction of sp³-hybridized carbons (Fsp3) is 0.111. The maximum Gasteiger partial charge on any atom is 0.244 e. The topological polar surface area (TPSA) is 51.2 Å².